The lowest BCUT2D eigenvalue weighted by Crippen LogP contribution is -2.39. The lowest BCUT2D eigenvalue weighted by Gasteiger charge is -2.30. The molecule has 0 radical (unpaired) electrons. The maximum absolute atomic E-state index is 13.9. The summed E-state index contributed by atoms with van der Waals surface area (Å²) in [6.45, 7) is 1.39. The van der Waals surface area contributed by atoms with Crippen LogP contribution in [0.1, 0.15) is 12.8 Å². The zero-order valence-corrected chi connectivity index (χ0v) is 14.6. The van der Waals surface area contributed by atoms with Gasteiger partial charge in [-0.2, -0.15) is 5.10 Å². The molecule has 1 unspecified atom stereocenters. The van der Waals surface area contributed by atoms with Crippen molar-refractivity contribution in [3.63, 3.8) is 0 Å². The van der Waals surface area contributed by atoms with E-state index >= 15 is 0 Å². The molecule has 0 amide bonds. The van der Waals surface area contributed by atoms with E-state index in [0.29, 0.717) is 12.2 Å². The van der Waals surface area contributed by atoms with E-state index in [0.717, 1.165) is 31.3 Å². The van der Waals surface area contributed by atoms with Gasteiger partial charge in [0, 0.05) is 38.4 Å². The van der Waals surface area contributed by atoms with Crippen molar-refractivity contribution in [2.24, 2.45) is 0 Å². The highest BCUT2D eigenvalue weighted by Crippen LogP contribution is 2.35. The molecule has 2 heterocycles. The highest BCUT2D eigenvalue weighted by molar-refractivity contribution is 5.66. The molecule has 1 saturated heterocycles. The summed E-state index contributed by atoms with van der Waals surface area (Å²) in [5, 5.41) is 19.4. The second kappa shape index (κ2) is 7.51. The molecule has 1 aliphatic rings. The Morgan fingerprint density at radius 1 is 1.50 bits per heavy atom. The van der Waals surface area contributed by atoms with Gasteiger partial charge in [0.25, 0.3) is 5.69 Å². The molecule has 2 aromatic rings. The van der Waals surface area contributed by atoms with Crippen molar-refractivity contribution < 1.29 is 14.1 Å². The van der Waals surface area contributed by atoms with Crippen molar-refractivity contribution in [2.45, 2.75) is 18.9 Å². The molecule has 0 spiro atoms. The molecule has 1 aliphatic heterocycles. The summed E-state index contributed by atoms with van der Waals surface area (Å²) in [5.41, 5.74) is 0.0362. The third kappa shape index (κ3) is 3.51. The molecule has 8 nitrogen and oxygen atoms in total. The monoisotopic (exact) mass is 361 g/mol. The zero-order valence-electron chi connectivity index (χ0n) is 14.6. The summed E-state index contributed by atoms with van der Waals surface area (Å²) in [6.07, 6.45) is 3.56. The van der Waals surface area contributed by atoms with Gasteiger partial charge in [-0.15, -0.1) is 5.10 Å². The maximum Gasteiger partial charge on any atom is 0.295 e. The van der Waals surface area contributed by atoms with E-state index in [4.69, 9.17) is 4.74 Å². The van der Waals surface area contributed by atoms with Gasteiger partial charge >= 0.3 is 0 Å². The highest BCUT2D eigenvalue weighted by Gasteiger charge is 2.29. The van der Waals surface area contributed by atoms with Crippen molar-refractivity contribution in [2.75, 3.05) is 37.0 Å². The number of rotatable bonds is 6. The Balaban J connectivity index is 1.85. The van der Waals surface area contributed by atoms with Gasteiger partial charge in [-0.05, 0) is 25.0 Å². The Morgan fingerprint density at radius 2 is 2.31 bits per heavy atom. The largest absolute Gasteiger partial charge is 0.494 e. The number of ether oxygens (including phenoxy) is 1. The number of nitro benzene ring substituents is 1. The lowest BCUT2D eigenvalue weighted by molar-refractivity contribution is -0.384. The molecule has 0 saturated carbocycles. The molecule has 1 aromatic heterocycles. The first-order valence-electron chi connectivity index (χ1n) is 8.28. The lowest BCUT2D eigenvalue weighted by atomic mass is 10.1. The first-order chi connectivity index (χ1) is 12.5. The Hall–Kier alpha value is -2.97. The van der Waals surface area contributed by atoms with Crippen LogP contribution < -0.4 is 14.5 Å². The first kappa shape index (κ1) is 17.8. The molecule has 0 bridgehead atoms. The summed E-state index contributed by atoms with van der Waals surface area (Å²) in [4.78, 5) is 14.7. The number of anilines is 2. The van der Waals surface area contributed by atoms with E-state index in [-0.39, 0.29) is 17.5 Å². The normalized spacial score (nSPS) is 16.6. The number of aromatic nitrogens is 2. The highest BCUT2D eigenvalue weighted by atomic mass is 19.1. The average Bonchev–Trinajstić information content (AvgIpc) is 3.10. The molecule has 0 aliphatic carbocycles. The minimum atomic E-state index is -0.751. The second-order valence-electron chi connectivity index (χ2n) is 6.18. The summed E-state index contributed by atoms with van der Waals surface area (Å²) in [7, 11) is 3.09. The molecule has 26 heavy (non-hydrogen) atoms. The Bertz CT molecular complexity index is 789. The Morgan fingerprint density at radius 3 is 2.96 bits per heavy atom. The third-order valence-corrected chi connectivity index (χ3v) is 4.57. The molecular weight excluding hydrogens is 341 g/mol. The minimum absolute atomic E-state index is 0.0188. The third-order valence-electron chi connectivity index (χ3n) is 4.57. The SMILES string of the molecule is COc1cc(N(C)CC2CCCN2c2cccnn2)c([N+](=O)[O-])cc1F. The minimum Gasteiger partial charge on any atom is -0.494 e. The first-order valence-corrected chi connectivity index (χ1v) is 8.28. The van der Waals surface area contributed by atoms with Crippen molar-refractivity contribution in [3.8, 4) is 5.75 Å². The van der Waals surface area contributed by atoms with Crippen LogP contribution in [0.2, 0.25) is 0 Å². The van der Waals surface area contributed by atoms with Crippen LogP contribution in [-0.4, -0.2) is 48.4 Å². The quantitative estimate of drug-likeness (QED) is 0.577. The second-order valence-corrected chi connectivity index (χ2v) is 6.18. The van der Waals surface area contributed by atoms with E-state index in [1.807, 2.05) is 12.1 Å². The fourth-order valence-electron chi connectivity index (χ4n) is 3.33. The Kier molecular flexibility index (Phi) is 5.15. The summed E-state index contributed by atoms with van der Waals surface area (Å²) in [5.74, 6) is 0.0163. The van der Waals surface area contributed by atoms with Gasteiger partial charge in [-0.25, -0.2) is 4.39 Å². The number of methoxy groups -OCH3 is 1. The molecule has 1 atom stereocenters. The smallest absolute Gasteiger partial charge is 0.295 e. The number of likely N-dealkylation sites (N-methyl/N-ethyl adjacent to an activating group) is 1. The van der Waals surface area contributed by atoms with Gasteiger partial charge in [0.2, 0.25) is 0 Å². The van der Waals surface area contributed by atoms with Crippen molar-refractivity contribution in [1.82, 2.24) is 10.2 Å². The maximum atomic E-state index is 13.9. The van der Waals surface area contributed by atoms with Crippen LogP contribution in [0.15, 0.2) is 30.5 Å². The number of benzene rings is 1. The predicted octanol–water partition coefficient (Wildman–Crippen LogP) is 2.64. The molecular formula is C17H20FN5O3. The molecule has 1 aromatic carbocycles. The molecule has 0 N–H and O–H groups in total. The number of nitrogens with zero attached hydrogens (tertiary/aromatic N) is 5. The van der Waals surface area contributed by atoms with Crippen LogP contribution in [-0.2, 0) is 0 Å². The van der Waals surface area contributed by atoms with Gasteiger partial charge in [-0.3, -0.25) is 10.1 Å². The standard InChI is InChI=1S/C17H20FN5O3/c1-21(14-10-16(26-2)13(18)9-15(14)23(24)25)11-12-5-4-8-22(12)17-6-3-7-19-20-17/h3,6-7,9-10,12H,4-5,8,11H2,1-2H3. The van der Waals surface area contributed by atoms with Crippen LogP contribution in [0.5, 0.6) is 5.75 Å². The van der Waals surface area contributed by atoms with E-state index < -0.39 is 10.7 Å². The van der Waals surface area contributed by atoms with Gasteiger partial charge in [0.05, 0.1) is 18.1 Å². The fraction of sp³-hybridized carbons (Fsp3) is 0.412. The van der Waals surface area contributed by atoms with Crippen LogP contribution in [0.4, 0.5) is 21.6 Å². The zero-order chi connectivity index (χ0) is 18.7. The molecule has 138 valence electrons. The predicted molar refractivity (Wildman–Crippen MR) is 95.3 cm³/mol. The van der Waals surface area contributed by atoms with Gasteiger partial charge in [0.15, 0.2) is 17.4 Å². The number of hydrogen-bond acceptors (Lipinski definition) is 7. The van der Waals surface area contributed by atoms with Crippen LogP contribution in [0, 0.1) is 15.9 Å². The van der Waals surface area contributed by atoms with Crippen LogP contribution >= 0.6 is 0 Å². The summed E-state index contributed by atoms with van der Waals surface area (Å²) < 4.78 is 18.8. The molecule has 9 heteroatoms. The molecule has 1 fully saturated rings. The van der Waals surface area contributed by atoms with E-state index in [9.17, 15) is 14.5 Å². The van der Waals surface area contributed by atoms with E-state index in [1.165, 1.54) is 13.2 Å². The van der Waals surface area contributed by atoms with Crippen molar-refractivity contribution in [3.05, 3.63) is 46.4 Å². The summed E-state index contributed by atoms with van der Waals surface area (Å²) in [6, 6.07) is 6.13. The van der Waals surface area contributed by atoms with Gasteiger partial charge in [0.1, 0.15) is 5.69 Å². The van der Waals surface area contributed by atoms with Crippen LogP contribution in [0.3, 0.4) is 0 Å². The Labute approximate surface area is 150 Å². The molecule has 3 rings (SSSR count). The average molecular weight is 361 g/mol. The van der Waals surface area contributed by atoms with Gasteiger partial charge in [-0.1, -0.05) is 0 Å². The topological polar surface area (TPSA) is 84.6 Å². The number of nitro groups is 1. The summed E-state index contributed by atoms with van der Waals surface area (Å²) >= 11 is 0. The van der Waals surface area contributed by atoms with E-state index in [1.54, 1.807) is 18.1 Å². The van der Waals surface area contributed by atoms with Crippen LogP contribution in [0.25, 0.3) is 0 Å². The number of hydrogen-bond donors (Lipinski definition) is 0. The number of halogens is 1. The fourth-order valence-corrected chi connectivity index (χ4v) is 3.33. The van der Waals surface area contributed by atoms with E-state index in [2.05, 4.69) is 15.1 Å². The van der Waals surface area contributed by atoms with Crippen molar-refractivity contribution in [1.29, 1.82) is 0 Å². The van der Waals surface area contributed by atoms with Gasteiger partial charge < -0.3 is 14.5 Å². The van der Waals surface area contributed by atoms with Crippen molar-refractivity contribution >= 4 is 17.2 Å².